The minimum atomic E-state index is 0.827. The van der Waals surface area contributed by atoms with Crippen molar-refractivity contribution in [2.75, 3.05) is 6.54 Å². The van der Waals surface area contributed by atoms with Gasteiger partial charge in [0.25, 0.3) is 0 Å². The predicted octanol–water partition coefficient (Wildman–Crippen LogP) is 3.30. The van der Waals surface area contributed by atoms with Crippen LogP contribution >= 0.6 is 0 Å². The first-order valence-electron chi connectivity index (χ1n) is 5.28. The fourth-order valence-electron chi connectivity index (χ4n) is 1.30. The lowest BCUT2D eigenvalue weighted by Gasteiger charge is -2.09. The lowest BCUT2D eigenvalue weighted by Crippen LogP contribution is -2.14. The van der Waals surface area contributed by atoms with Gasteiger partial charge in [0, 0.05) is 12.2 Å². The molecule has 0 aliphatic rings. The van der Waals surface area contributed by atoms with Crippen LogP contribution < -0.4 is 5.32 Å². The standard InChI is InChI=1S/C14H19N/c1-12(2)11-15-13(3)9-10-14-7-5-4-6-8-14/h4-8,15H,1,3,9-11H2,2H3. The largest absolute Gasteiger partial charge is 0.385 e. The molecule has 0 bridgehead atoms. The number of allylic oxidation sites excluding steroid dienone is 1. The molecule has 0 amide bonds. The van der Waals surface area contributed by atoms with E-state index in [0.717, 1.165) is 30.7 Å². The molecule has 0 saturated carbocycles. The van der Waals surface area contributed by atoms with Gasteiger partial charge in [0.2, 0.25) is 0 Å². The minimum Gasteiger partial charge on any atom is -0.385 e. The van der Waals surface area contributed by atoms with Crippen molar-refractivity contribution < 1.29 is 0 Å². The van der Waals surface area contributed by atoms with E-state index in [2.05, 4.69) is 42.7 Å². The van der Waals surface area contributed by atoms with Crippen LogP contribution in [0.25, 0.3) is 0 Å². The minimum absolute atomic E-state index is 0.827. The zero-order valence-electron chi connectivity index (χ0n) is 9.42. The Hall–Kier alpha value is -1.50. The van der Waals surface area contributed by atoms with Crippen LogP contribution in [0.4, 0.5) is 0 Å². The highest BCUT2D eigenvalue weighted by atomic mass is 14.9. The van der Waals surface area contributed by atoms with Gasteiger partial charge < -0.3 is 5.32 Å². The molecule has 1 aromatic rings. The summed E-state index contributed by atoms with van der Waals surface area (Å²) in [7, 11) is 0. The molecule has 0 spiro atoms. The second kappa shape index (κ2) is 6.07. The number of aryl methyl sites for hydroxylation is 1. The van der Waals surface area contributed by atoms with Crippen LogP contribution in [-0.2, 0) is 6.42 Å². The Kier molecular flexibility index (Phi) is 4.69. The van der Waals surface area contributed by atoms with E-state index in [1.165, 1.54) is 5.56 Å². The number of benzene rings is 1. The molecule has 0 unspecified atom stereocenters. The molecule has 0 heterocycles. The van der Waals surface area contributed by atoms with E-state index in [-0.39, 0.29) is 0 Å². The summed E-state index contributed by atoms with van der Waals surface area (Å²) in [6.45, 7) is 10.7. The first-order valence-corrected chi connectivity index (χ1v) is 5.28. The number of nitrogens with one attached hydrogen (secondary N) is 1. The average molecular weight is 201 g/mol. The SMILES string of the molecule is C=C(C)CNC(=C)CCc1ccccc1. The Balaban J connectivity index is 2.26. The molecule has 1 nitrogen and oxygen atoms in total. The summed E-state index contributed by atoms with van der Waals surface area (Å²) in [6, 6.07) is 10.5. The van der Waals surface area contributed by atoms with Crippen LogP contribution in [0.3, 0.4) is 0 Å². The quantitative estimate of drug-likeness (QED) is 0.696. The number of hydrogen-bond donors (Lipinski definition) is 1. The molecule has 0 fully saturated rings. The molecule has 15 heavy (non-hydrogen) atoms. The summed E-state index contributed by atoms with van der Waals surface area (Å²) in [5.41, 5.74) is 3.58. The molecule has 80 valence electrons. The zero-order valence-corrected chi connectivity index (χ0v) is 9.42. The molecule has 0 saturated heterocycles. The van der Waals surface area contributed by atoms with Crippen LogP contribution in [0.5, 0.6) is 0 Å². The molecule has 1 heteroatoms. The Morgan fingerprint density at radius 3 is 2.47 bits per heavy atom. The van der Waals surface area contributed by atoms with Crippen molar-refractivity contribution in [2.24, 2.45) is 0 Å². The van der Waals surface area contributed by atoms with Crippen LogP contribution in [0, 0.1) is 0 Å². The summed E-state index contributed by atoms with van der Waals surface area (Å²) in [5.74, 6) is 0. The van der Waals surface area contributed by atoms with Gasteiger partial charge in [-0.1, -0.05) is 49.1 Å². The van der Waals surface area contributed by atoms with Crippen LogP contribution in [0.15, 0.2) is 54.8 Å². The van der Waals surface area contributed by atoms with E-state index < -0.39 is 0 Å². The molecule has 1 rings (SSSR count). The first kappa shape index (κ1) is 11.6. The van der Waals surface area contributed by atoms with E-state index in [1.807, 2.05) is 13.0 Å². The molecule has 0 radical (unpaired) electrons. The van der Waals surface area contributed by atoms with E-state index in [4.69, 9.17) is 0 Å². The normalized spacial score (nSPS) is 9.67. The van der Waals surface area contributed by atoms with Crippen molar-refractivity contribution in [3.8, 4) is 0 Å². The van der Waals surface area contributed by atoms with Gasteiger partial charge in [0.15, 0.2) is 0 Å². The maximum absolute atomic E-state index is 3.99. The van der Waals surface area contributed by atoms with Crippen molar-refractivity contribution in [1.29, 1.82) is 0 Å². The average Bonchev–Trinajstić information content (AvgIpc) is 2.25. The topological polar surface area (TPSA) is 12.0 Å². The molecule has 1 N–H and O–H groups in total. The highest BCUT2D eigenvalue weighted by Crippen LogP contribution is 2.05. The van der Waals surface area contributed by atoms with Gasteiger partial charge in [-0.05, 0) is 25.3 Å². The Morgan fingerprint density at radius 1 is 1.20 bits per heavy atom. The third kappa shape index (κ3) is 5.06. The molecule has 0 aromatic heterocycles. The molecule has 1 aromatic carbocycles. The highest BCUT2D eigenvalue weighted by Gasteiger charge is 1.95. The smallest absolute Gasteiger partial charge is 0.0351 e. The van der Waals surface area contributed by atoms with Crippen LogP contribution in [0.1, 0.15) is 18.9 Å². The van der Waals surface area contributed by atoms with Crippen LogP contribution in [0.2, 0.25) is 0 Å². The van der Waals surface area contributed by atoms with Crippen molar-refractivity contribution in [3.05, 3.63) is 60.3 Å². The van der Waals surface area contributed by atoms with Gasteiger partial charge >= 0.3 is 0 Å². The summed E-state index contributed by atoms with van der Waals surface area (Å²) in [4.78, 5) is 0. The van der Waals surface area contributed by atoms with Gasteiger partial charge in [0.1, 0.15) is 0 Å². The molecule has 0 atom stereocenters. The van der Waals surface area contributed by atoms with Crippen molar-refractivity contribution in [1.82, 2.24) is 5.32 Å². The summed E-state index contributed by atoms with van der Waals surface area (Å²) < 4.78 is 0. The fraction of sp³-hybridized carbons (Fsp3) is 0.286. The Morgan fingerprint density at radius 2 is 1.87 bits per heavy atom. The van der Waals surface area contributed by atoms with E-state index in [9.17, 15) is 0 Å². The summed E-state index contributed by atoms with van der Waals surface area (Å²) >= 11 is 0. The Bertz CT molecular complexity index is 324. The molecule has 0 aliphatic heterocycles. The highest BCUT2D eigenvalue weighted by molar-refractivity contribution is 5.16. The van der Waals surface area contributed by atoms with E-state index >= 15 is 0 Å². The Labute approximate surface area is 92.5 Å². The predicted molar refractivity (Wildman–Crippen MR) is 66.7 cm³/mol. The number of hydrogen-bond acceptors (Lipinski definition) is 1. The van der Waals surface area contributed by atoms with Crippen molar-refractivity contribution >= 4 is 0 Å². The van der Waals surface area contributed by atoms with Gasteiger partial charge in [-0.2, -0.15) is 0 Å². The van der Waals surface area contributed by atoms with E-state index in [1.54, 1.807) is 0 Å². The third-order valence-electron chi connectivity index (χ3n) is 2.20. The maximum Gasteiger partial charge on any atom is 0.0351 e. The monoisotopic (exact) mass is 201 g/mol. The maximum atomic E-state index is 3.99. The van der Waals surface area contributed by atoms with Crippen LogP contribution in [-0.4, -0.2) is 6.54 Å². The second-order valence-corrected chi connectivity index (χ2v) is 3.90. The second-order valence-electron chi connectivity index (χ2n) is 3.90. The fourth-order valence-corrected chi connectivity index (χ4v) is 1.30. The van der Waals surface area contributed by atoms with E-state index in [0.29, 0.717) is 0 Å². The lowest BCUT2D eigenvalue weighted by molar-refractivity contribution is 0.789. The van der Waals surface area contributed by atoms with Gasteiger partial charge in [0.05, 0.1) is 0 Å². The van der Waals surface area contributed by atoms with Crippen molar-refractivity contribution in [2.45, 2.75) is 19.8 Å². The molecular weight excluding hydrogens is 182 g/mol. The van der Waals surface area contributed by atoms with Gasteiger partial charge in [-0.3, -0.25) is 0 Å². The van der Waals surface area contributed by atoms with Crippen molar-refractivity contribution in [3.63, 3.8) is 0 Å². The number of rotatable bonds is 6. The first-order chi connectivity index (χ1) is 7.18. The molecule has 0 aliphatic carbocycles. The third-order valence-corrected chi connectivity index (χ3v) is 2.20. The van der Waals surface area contributed by atoms with Gasteiger partial charge in [-0.25, -0.2) is 0 Å². The lowest BCUT2D eigenvalue weighted by atomic mass is 10.1. The molecular formula is C14H19N. The summed E-state index contributed by atoms with van der Waals surface area (Å²) in [5, 5.41) is 3.26. The van der Waals surface area contributed by atoms with Gasteiger partial charge in [-0.15, -0.1) is 0 Å². The zero-order chi connectivity index (χ0) is 11.1. The summed E-state index contributed by atoms with van der Waals surface area (Å²) in [6.07, 6.45) is 2.03.